The number of anilines is 2. The number of halogens is 1. The van der Waals surface area contributed by atoms with Crippen LogP contribution in [0, 0.1) is 5.92 Å². The minimum atomic E-state index is 0.00878. The first-order valence-corrected chi connectivity index (χ1v) is 8.66. The minimum absolute atomic E-state index is 0.00878. The van der Waals surface area contributed by atoms with Crippen LogP contribution < -0.4 is 10.2 Å². The van der Waals surface area contributed by atoms with Gasteiger partial charge >= 0.3 is 0 Å². The van der Waals surface area contributed by atoms with Gasteiger partial charge in [0.25, 0.3) is 0 Å². The molecule has 0 spiro atoms. The van der Waals surface area contributed by atoms with Gasteiger partial charge in [0, 0.05) is 40.9 Å². The number of benzene rings is 1. The first-order valence-electron chi connectivity index (χ1n) is 7.87. The largest absolute Gasteiger partial charge is 0.371 e. The highest BCUT2D eigenvalue weighted by molar-refractivity contribution is 9.10. The van der Waals surface area contributed by atoms with E-state index >= 15 is 0 Å². The molecule has 1 aromatic heterocycles. The molecule has 124 valence electrons. The predicted octanol–water partition coefficient (Wildman–Crippen LogP) is 3.51. The maximum Gasteiger partial charge on any atom is 0.227 e. The van der Waals surface area contributed by atoms with E-state index in [1.54, 1.807) is 12.4 Å². The maximum atomic E-state index is 12.4. The van der Waals surface area contributed by atoms with E-state index < -0.39 is 0 Å². The molecule has 0 unspecified atom stereocenters. The molecule has 1 amide bonds. The monoisotopic (exact) mass is 387 g/mol. The number of rotatable bonds is 4. The molecule has 1 fully saturated rings. The quantitative estimate of drug-likeness (QED) is 0.815. The van der Waals surface area contributed by atoms with Crippen molar-refractivity contribution in [3.8, 4) is 0 Å². The molecular formula is C18H18BrN3O2. The lowest BCUT2D eigenvalue weighted by molar-refractivity contribution is -0.120. The summed E-state index contributed by atoms with van der Waals surface area (Å²) in [4.78, 5) is 29.4. The highest BCUT2D eigenvalue weighted by atomic mass is 79.9. The van der Waals surface area contributed by atoms with Crippen molar-refractivity contribution in [2.45, 2.75) is 12.8 Å². The molecule has 1 aromatic carbocycles. The maximum absolute atomic E-state index is 12.4. The predicted molar refractivity (Wildman–Crippen MR) is 97.3 cm³/mol. The first kappa shape index (κ1) is 16.6. The summed E-state index contributed by atoms with van der Waals surface area (Å²) in [5.41, 5.74) is 2.48. The summed E-state index contributed by atoms with van der Waals surface area (Å²) in [6, 6.07) is 9.39. The van der Waals surface area contributed by atoms with Crippen LogP contribution in [0.25, 0.3) is 0 Å². The molecule has 3 rings (SSSR count). The number of hydrogen-bond donors (Lipinski definition) is 1. The van der Waals surface area contributed by atoms with Crippen molar-refractivity contribution in [1.29, 1.82) is 0 Å². The Bertz CT molecular complexity index is 725. The van der Waals surface area contributed by atoms with Crippen molar-refractivity contribution in [3.63, 3.8) is 0 Å². The van der Waals surface area contributed by atoms with Gasteiger partial charge in [-0.05, 0) is 59.1 Å². The van der Waals surface area contributed by atoms with E-state index in [4.69, 9.17) is 0 Å². The summed E-state index contributed by atoms with van der Waals surface area (Å²) in [5.74, 6) is 0.0559. The summed E-state index contributed by atoms with van der Waals surface area (Å²) in [6.07, 6.45) is 5.79. The second-order valence-corrected chi connectivity index (χ2v) is 6.77. The Hall–Kier alpha value is -2.21. The average Bonchev–Trinajstić information content (AvgIpc) is 2.62. The van der Waals surface area contributed by atoms with Crippen molar-refractivity contribution in [2.75, 3.05) is 23.3 Å². The Balaban J connectivity index is 1.56. The van der Waals surface area contributed by atoms with Gasteiger partial charge in [0.1, 0.15) is 6.29 Å². The fourth-order valence-corrected chi connectivity index (χ4v) is 3.25. The van der Waals surface area contributed by atoms with E-state index in [2.05, 4.69) is 31.1 Å². The van der Waals surface area contributed by atoms with Gasteiger partial charge in [-0.2, -0.15) is 0 Å². The summed E-state index contributed by atoms with van der Waals surface area (Å²) in [7, 11) is 0. The van der Waals surface area contributed by atoms with Gasteiger partial charge in [-0.3, -0.25) is 14.6 Å². The zero-order valence-corrected chi connectivity index (χ0v) is 14.7. The lowest BCUT2D eigenvalue weighted by Crippen LogP contribution is -2.38. The van der Waals surface area contributed by atoms with Crippen LogP contribution in [0.1, 0.15) is 23.2 Å². The van der Waals surface area contributed by atoms with E-state index in [0.29, 0.717) is 11.3 Å². The third-order valence-corrected chi connectivity index (χ3v) is 4.67. The van der Waals surface area contributed by atoms with E-state index in [-0.39, 0.29) is 11.8 Å². The van der Waals surface area contributed by atoms with Gasteiger partial charge in [-0.15, -0.1) is 0 Å². The van der Waals surface area contributed by atoms with Crippen LogP contribution in [0.2, 0.25) is 0 Å². The Labute approximate surface area is 149 Å². The summed E-state index contributed by atoms with van der Waals surface area (Å²) in [5, 5.41) is 2.93. The van der Waals surface area contributed by atoms with Crippen LogP contribution in [-0.4, -0.2) is 30.3 Å². The normalized spacial score (nSPS) is 15.1. The topological polar surface area (TPSA) is 62.3 Å². The van der Waals surface area contributed by atoms with Crippen molar-refractivity contribution >= 4 is 39.5 Å². The van der Waals surface area contributed by atoms with Crippen molar-refractivity contribution in [1.82, 2.24) is 4.98 Å². The number of hydrogen-bond acceptors (Lipinski definition) is 4. The van der Waals surface area contributed by atoms with Crippen LogP contribution >= 0.6 is 15.9 Å². The number of carbonyl (C=O) groups is 2. The van der Waals surface area contributed by atoms with E-state index in [1.807, 2.05) is 30.3 Å². The molecule has 0 aliphatic carbocycles. The average molecular weight is 388 g/mol. The fourth-order valence-electron chi connectivity index (χ4n) is 2.89. The van der Waals surface area contributed by atoms with Gasteiger partial charge in [-0.25, -0.2) is 0 Å². The molecule has 24 heavy (non-hydrogen) atoms. The van der Waals surface area contributed by atoms with Crippen LogP contribution in [0.3, 0.4) is 0 Å². The first-order chi connectivity index (χ1) is 11.7. The highest BCUT2D eigenvalue weighted by Gasteiger charge is 2.25. The van der Waals surface area contributed by atoms with Crippen molar-refractivity contribution in [2.24, 2.45) is 5.92 Å². The molecule has 0 saturated carbocycles. The zero-order valence-electron chi connectivity index (χ0n) is 13.1. The minimum Gasteiger partial charge on any atom is -0.371 e. The van der Waals surface area contributed by atoms with Gasteiger partial charge in [0.05, 0.1) is 11.9 Å². The van der Waals surface area contributed by atoms with Crippen molar-refractivity contribution < 1.29 is 9.59 Å². The summed E-state index contributed by atoms with van der Waals surface area (Å²) < 4.78 is 0.842. The van der Waals surface area contributed by atoms with Crippen LogP contribution in [0.15, 0.2) is 47.2 Å². The number of nitrogens with one attached hydrogen (secondary N) is 1. The van der Waals surface area contributed by atoms with Gasteiger partial charge < -0.3 is 10.2 Å². The standard InChI is InChI=1S/C18H18BrN3O2/c19-15-9-16(11-20-10-15)21-18(24)14-5-7-22(8-6-14)17-3-1-13(12-23)2-4-17/h1-4,9-12,14H,5-8H2,(H,21,24). The number of amides is 1. The van der Waals surface area contributed by atoms with Gasteiger partial charge in [-0.1, -0.05) is 0 Å². The number of pyridine rings is 1. The molecule has 0 bridgehead atoms. The Morgan fingerprint density at radius 1 is 1.21 bits per heavy atom. The molecule has 2 heterocycles. The molecule has 1 aliphatic heterocycles. The van der Waals surface area contributed by atoms with E-state index in [0.717, 1.165) is 42.4 Å². The highest BCUT2D eigenvalue weighted by Crippen LogP contribution is 2.25. The lowest BCUT2D eigenvalue weighted by atomic mass is 9.95. The van der Waals surface area contributed by atoms with Gasteiger partial charge in [0.2, 0.25) is 5.91 Å². The summed E-state index contributed by atoms with van der Waals surface area (Å²) >= 11 is 3.35. The molecule has 5 nitrogen and oxygen atoms in total. The van der Waals surface area contributed by atoms with Crippen LogP contribution in [-0.2, 0) is 4.79 Å². The molecule has 0 radical (unpaired) electrons. The number of nitrogens with zero attached hydrogens (tertiary/aromatic N) is 2. The van der Waals surface area contributed by atoms with E-state index in [9.17, 15) is 9.59 Å². The molecular weight excluding hydrogens is 370 g/mol. The van der Waals surface area contributed by atoms with E-state index in [1.165, 1.54) is 0 Å². The Kier molecular flexibility index (Phi) is 5.25. The van der Waals surface area contributed by atoms with Crippen LogP contribution in [0.4, 0.5) is 11.4 Å². The second-order valence-electron chi connectivity index (χ2n) is 5.85. The van der Waals surface area contributed by atoms with Crippen molar-refractivity contribution in [3.05, 3.63) is 52.8 Å². The number of piperidine rings is 1. The smallest absolute Gasteiger partial charge is 0.227 e. The molecule has 0 atom stereocenters. The number of carbonyl (C=O) groups excluding carboxylic acids is 2. The third-order valence-electron chi connectivity index (χ3n) is 4.23. The molecule has 2 aromatic rings. The Morgan fingerprint density at radius 2 is 1.92 bits per heavy atom. The SMILES string of the molecule is O=Cc1ccc(N2CCC(C(=O)Nc3cncc(Br)c3)CC2)cc1. The molecule has 1 aliphatic rings. The van der Waals surface area contributed by atoms with Gasteiger partial charge in [0.15, 0.2) is 0 Å². The molecule has 1 N–H and O–H groups in total. The second kappa shape index (κ2) is 7.57. The molecule has 1 saturated heterocycles. The number of aldehydes is 1. The summed E-state index contributed by atoms with van der Waals surface area (Å²) in [6.45, 7) is 1.66. The Morgan fingerprint density at radius 3 is 2.54 bits per heavy atom. The fraction of sp³-hybridized carbons (Fsp3) is 0.278. The van der Waals surface area contributed by atoms with Crippen LogP contribution in [0.5, 0.6) is 0 Å². The third kappa shape index (κ3) is 4.00. The lowest BCUT2D eigenvalue weighted by Gasteiger charge is -2.33. The zero-order chi connectivity index (χ0) is 16.9. The molecule has 6 heteroatoms. The number of aromatic nitrogens is 1.